The van der Waals surface area contributed by atoms with E-state index in [-0.39, 0.29) is 11.3 Å². The molecular formula is C20H17ClN4O3. The average molecular weight is 397 g/mol. The summed E-state index contributed by atoms with van der Waals surface area (Å²) in [5, 5.41) is 14.7. The van der Waals surface area contributed by atoms with Crippen LogP contribution in [0.4, 0.5) is 10.5 Å². The van der Waals surface area contributed by atoms with Crippen LogP contribution in [0.25, 0.3) is 0 Å². The summed E-state index contributed by atoms with van der Waals surface area (Å²) in [5.74, 6) is -1.10. The molecule has 7 nitrogen and oxygen atoms in total. The summed E-state index contributed by atoms with van der Waals surface area (Å²) in [4.78, 5) is 38.8. The van der Waals surface area contributed by atoms with Gasteiger partial charge in [0.15, 0.2) is 0 Å². The maximum absolute atomic E-state index is 13.0. The van der Waals surface area contributed by atoms with Gasteiger partial charge in [-0.2, -0.15) is 5.26 Å². The van der Waals surface area contributed by atoms with Crippen molar-refractivity contribution in [2.75, 3.05) is 11.9 Å². The Morgan fingerprint density at radius 1 is 1.25 bits per heavy atom. The summed E-state index contributed by atoms with van der Waals surface area (Å²) in [6.45, 7) is 1.32. The van der Waals surface area contributed by atoms with Crippen LogP contribution < -0.4 is 10.6 Å². The molecule has 1 fully saturated rings. The fraction of sp³-hybridized carbons (Fsp3) is 0.200. The first-order valence-electron chi connectivity index (χ1n) is 8.60. The van der Waals surface area contributed by atoms with Gasteiger partial charge in [0.2, 0.25) is 5.91 Å². The van der Waals surface area contributed by atoms with Crippen LogP contribution in [-0.4, -0.2) is 29.3 Å². The van der Waals surface area contributed by atoms with E-state index in [9.17, 15) is 14.4 Å². The molecule has 0 radical (unpaired) electrons. The molecular weight excluding hydrogens is 380 g/mol. The van der Waals surface area contributed by atoms with Gasteiger partial charge in [0, 0.05) is 5.02 Å². The Morgan fingerprint density at radius 3 is 2.61 bits per heavy atom. The molecule has 8 heteroatoms. The van der Waals surface area contributed by atoms with Crippen LogP contribution >= 0.6 is 11.6 Å². The van der Waals surface area contributed by atoms with E-state index in [1.807, 2.05) is 12.1 Å². The zero-order valence-corrected chi connectivity index (χ0v) is 15.8. The Hall–Kier alpha value is -3.37. The first-order valence-corrected chi connectivity index (χ1v) is 8.98. The van der Waals surface area contributed by atoms with E-state index in [2.05, 4.69) is 10.6 Å². The summed E-state index contributed by atoms with van der Waals surface area (Å²) in [6, 6.07) is 14.7. The minimum atomic E-state index is -1.20. The quantitative estimate of drug-likeness (QED) is 0.758. The number of carbonyl (C=O) groups is 3. The van der Waals surface area contributed by atoms with Crippen LogP contribution in [0.5, 0.6) is 0 Å². The predicted molar refractivity (Wildman–Crippen MR) is 103 cm³/mol. The first-order chi connectivity index (χ1) is 13.4. The highest BCUT2D eigenvalue weighted by Crippen LogP contribution is 2.32. The minimum Gasteiger partial charge on any atom is -0.323 e. The smallest absolute Gasteiger partial charge is 0.323 e. The Kier molecular flexibility index (Phi) is 5.34. The fourth-order valence-corrected chi connectivity index (χ4v) is 3.35. The highest BCUT2D eigenvalue weighted by atomic mass is 35.5. The summed E-state index contributed by atoms with van der Waals surface area (Å²) < 4.78 is 0. The van der Waals surface area contributed by atoms with Gasteiger partial charge in [-0.25, -0.2) is 4.79 Å². The number of anilines is 1. The molecule has 1 aliphatic rings. The SMILES string of the molecule is CC[C@]1(c2ccccc2)NC(=O)N(CC(=O)Nc2cc(Cl)ccc2C#N)C1=O. The molecule has 1 saturated heterocycles. The van der Waals surface area contributed by atoms with E-state index < -0.39 is 29.9 Å². The molecule has 4 amide bonds. The van der Waals surface area contributed by atoms with Crippen molar-refractivity contribution in [3.63, 3.8) is 0 Å². The van der Waals surface area contributed by atoms with Crippen LogP contribution in [0.2, 0.25) is 5.02 Å². The molecule has 1 atom stereocenters. The standard InChI is InChI=1S/C20H17ClN4O3/c1-2-20(14-6-4-3-5-7-14)18(27)25(19(28)24-20)12-17(26)23-16-10-15(21)9-8-13(16)11-22/h3-10H,2,12H2,1H3,(H,23,26)(H,24,28)/t20-/m1/s1. The Labute approximate surface area is 166 Å². The summed E-state index contributed by atoms with van der Waals surface area (Å²) in [5.41, 5.74) is -0.105. The van der Waals surface area contributed by atoms with Crippen molar-refractivity contribution < 1.29 is 14.4 Å². The molecule has 1 heterocycles. The zero-order valence-electron chi connectivity index (χ0n) is 15.0. The molecule has 2 aromatic carbocycles. The first kappa shape index (κ1) is 19.4. The van der Waals surface area contributed by atoms with Gasteiger partial charge in [-0.3, -0.25) is 14.5 Å². The van der Waals surface area contributed by atoms with Gasteiger partial charge < -0.3 is 10.6 Å². The molecule has 3 rings (SSSR count). The molecule has 0 spiro atoms. The molecule has 142 valence electrons. The van der Waals surface area contributed by atoms with Gasteiger partial charge in [-0.15, -0.1) is 0 Å². The number of carbonyl (C=O) groups excluding carboxylic acids is 3. The lowest BCUT2D eigenvalue weighted by Crippen LogP contribution is -2.44. The lowest BCUT2D eigenvalue weighted by Gasteiger charge is -2.25. The second kappa shape index (κ2) is 7.71. The van der Waals surface area contributed by atoms with E-state index in [1.165, 1.54) is 18.2 Å². The van der Waals surface area contributed by atoms with E-state index >= 15 is 0 Å². The Balaban J connectivity index is 1.81. The Bertz CT molecular complexity index is 987. The second-order valence-electron chi connectivity index (χ2n) is 6.30. The second-order valence-corrected chi connectivity index (χ2v) is 6.73. The van der Waals surface area contributed by atoms with Gasteiger partial charge in [0.1, 0.15) is 18.2 Å². The Morgan fingerprint density at radius 2 is 1.96 bits per heavy atom. The number of imide groups is 1. The summed E-state index contributed by atoms with van der Waals surface area (Å²) in [6.07, 6.45) is 0.340. The molecule has 0 unspecified atom stereocenters. The minimum absolute atomic E-state index is 0.219. The van der Waals surface area contributed by atoms with E-state index in [0.717, 1.165) is 4.90 Å². The number of nitrogens with zero attached hydrogens (tertiary/aromatic N) is 2. The maximum atomic E-state index is 13.0. The lowest BCUT2D eigenvalue weighted by molar-refractivity contribution is -0.134. The van der Waals surface area contributed by atoms with Crippen molar-refractivity contribution in [3.8, 4) is 6.07 Å². The number of urea groups is 1. The van der Waals surface area contributed by atoms with Crippen molar-refractivity contribution in [3.05, 3.63) is 64.7 Å². The molecule has 28 heavy (non-hydrogen) atoms. The van der Waals surface area contributed by atoms with Gasteiger partial charge in [-0.1, -0.05) is 48.9 Å². The number of hydrogen-bond acceptors (Lipinski definition) is 4. The monoisotopic (exact) mass is 396 g/mol. The van der Waals surface area contributed by atoms with Crippen LogP contribution in [0.15, 0.2) is 48.5 Å². The van der Waals surface area contributed by atoms with Crippen molar-refractivity contribution in [1.29, 1.82) is 5.26 Å². The van der Waals surface area contributed by atoms with Crippen molar-refractivity contribution >= 4 is 35.1 Å². The largest absolute Gasteiger partial charge is 0.325 e. The van der Waals surface area contributed by atoms with E-state index in [0.29, 0.717) is 17.0 Å². The number of amides is 4. The van der Waals surface area contributed by atoms with Gasteiger partial charge in [0.05, 0.1) is 11.3 Å². The summed E-state index contributed by atoms with van der Waals surface area (Å²) in [7, 11) is 0. The lowest BCUT2D eigenvalue weighted by atomic mass is 9.87. The van der Waals surface area contributed by atoms with Crippen LogP contribution in [-0.2, 0) is 15.1 Å². The molecule has 0 aliphatic carbocycles. The third kappa shape index (κ3) is 3.42. The van der Waals surface area contributed by atoms with Crippen LogP contribution in [0.3, 0.4) is 0 Å². The maximum Gasteiger partial charge on any atom is 0.325 e. The molecule has 2 N–H and O–H groups in total. The van der Waals surface area contributed by atoms with E-state index in [4.69, 9.17) is 16.9 Å². The molecule has 2 aromatic rings. The normalized spacial score (nSPS) is 18.5. The predicted octanol–water partition coefficient (Wildman–Crippen LogP) is 3.01. The molecule has 1 aliphatic heterocycles. The van der Waals surface area contributed by atoms with Crippen LogP contribution in [0, 0.1) is 11.3 Å². The van der Waals surface area contributed by atoms with Crippen molar-refractivity contribution in [1.82, 2.24) is 10.2 Å². The number of halogens is 1. The van der Waals surface area contributed by atoms with Gasteiger partial charge in [-0.05, 0) is 30.2 Å². The molecule has 0 saturated carbocycles. The average Bonchev–Trinajstić information content (AvgIpc) is 2.94. The highest BCUT2D eigenvalue weighted by Gasteiger charge is 2.51. The number of benzene rings is 2. The highest BCUT2D eigenvalue weighted by molar-refractivity contribution is 6.31. The van der Waals surface area contributed by atoms with Crippen molar-refractivity contribution in [2.24, 2.45) is 0 Å². The van der Waals surface area contributed by atoms with Crippen LogP contribution in [0.1, 0.15) is 24.5 Å². The fourth-order valence-electron chi connectivity index (χ4n) is 3.18. The molecule has 0 aromatic heterocycles. The topological polar surface area (TPSA) is 102 Å². The third-order valence-electron chi connectivity index (χ3n) is 4.65. The number of nitriles is 1. The molecule has 0 bridgehead atoms. The third-order valence-corrected chi connectivity index (χ3v) is 4.89. The number of nitrogens with one attached hydrogen (secondary N) is 2. The number of rotatable bonds is 5. The summed E-state index contributed by atoms with van der Waals surface area (Å²) >= 11 is 5.91. The zero-order chi connectivity index (χ0) is 20.3. The van der Waals surface area contributed by atoms with Crippen molar-refractivity contribution in [2.45, 2.75) is 18.9 Å². The van der Waals surface area contributed by atoms with Gasteiger partial charge in [0.25, 0.3) is 5.91 Å². The number of hydrogen-bond donors (Lipinski definition) is 2. The van der Waals surface area contributed by atoms with Gasteiger partial charge >= 0.3 is 6.03 Å². The van der Waals surface area contributed by atoms with E-state index in [1.54, 1.807) is 31.2 Å².